The number of ether oxygens (including phenoxy) is 3. The van der Waals surface area contributed by atoms with Gasteiger partial charge in [-0.25, -0.2) is 8.37 Å². The molecule has 1 heterocycles. The molecular formula is C30H46KO16S2. The minimum Gasteiger partial charge on any atom is -0.481 e. The number of fused-ring (bicyclic) bond motifs is 3. The molecule has 1 saturated heterocycles. The summed E-state index contributed by atoms with van der Waals surface area (Å²) in [6, 6.07) is 0. The molecule has 4 aliphatic carbocycles. The second-order valence-electron chi connectivity index (χ2n) is 14.8. The fourth-order valence-corrected chi connectivity index (χ4v) is 10.8. The van der Waals surface area contributed by atoms with Gasteiger partial charge in [-0.1, -0.05) is 27.4 Å². The van der Waals surface area contributed by atoms with Crippen LogP contribution in [0.3, 0.4) is 0 Å². The van der Waals surface area contributed by atoms with Gasteiger partial charge in [0.05, 0.1) is 24.7 Å². The molecule has 49 heavy (non-hydrogen) atoms. The molecule has 275 valence electrons. The summed E-state index contributed by atoms with van der Waals surface area (Å²) >= 11 is 0. The number of aliphatic hydroxyl groups is 2. The monoisotopic (exact) mass is 765 g/mol. The van der Waals surface area contributed by atoms with Gasteiger partial charge in [0, 0.05) is 63.2 Å². The molecule has 0 aromatic heterocycles. The third kappa shape index (κ3) is 8.51. The Hall–Kier alpha value is -0.104. The Morgan fingerprint density at radius 3 is 2.22 bits per heavy atom. The van der Waals surface area contributed by atoms with Crippen molar-refractivity contribution in [3.05, 3.63) is 12.2 Å². The van der Waals surface area contributed by atoms with Crippen molar-refractivity contribution in [1.29, 1.82) is 0 Å². The van der Waals surface area contributed by atoms with Gasteiger partial charge in [-0.3, -0.25) is 18.7 Å². The number of hydrogen-bond donors (Lipinski definition) is 5. The summed E-state index contributed by atoms with van der Waals surface area (Å²) in [6.45, 7) is 8.52. The van der Waals surface area contributed by atoms with Crippen LogP contribution >= 0.6 is 0 Å². The molecule has 5 fully saturated rings. The molecule has 13 atom stereocenters. The van der Waals surface area contributed by atoms with Gasteiger partial charge in [0.2, 0.25) is 0 Å². The summed E-state index contributed by atoms with van der Waals surface area (Å²) in [5.74, 6) is -3.25. The van der Waals surface area contributed by atoms with Gasteiger partial charge in [-0.15, -0.1) is 0 Å². The van der Waals surface area contributed by atoms with Crippen molar-refractivity contribution in [2.24, 2.45) is 40.4 Å². The molecule has 5 rings (SSSR count). The maximum atomic E-state index is 12.9. The van der Waals surface area contributed by atoms with Crippen LogP contribution in [-0.2, 0) is 53.0 Å². The molecule has 0 unspecified atom stereocenters. The van der Waals surface area contributed by atoms with Gasteiger partial charge < -0.3 is 29.5 Å². The molecule has 0 aromatic carbocycles. The van der Waals surface area contributed by atoms with Crippen LogP contribution in [0.2, 0.25) is 0 Å². The van der Waals surface area contributed by atoms with Crippen LogP contribution in [0.4, 0.5) is 0 Å². The van der Waals surface area contributed by atoms with E-state index in [4.69, 9.17) is 18.4 Å². The summed E-state index contributed by atoms with van der Waals surface area (Å²) in [5, 5.41) is 32.0. The summed E-state index contributed by atoms with van der Waals surface area (Å²) in [5.41, 5.74) is -0.319. The van der Waals surface area contributed by atoms with Crippen molar-refractivity contribution in [3.63, 3.8) is 0 Å². The van der Waals surface area contributed by atoms with Crippen LogP contribution in [0, 0.1) is 40.4 Å². The Balaban J connectivity index is 0.00000541. The number of esters is 1. The summed E-state index contributed by atoms with van der Waals surface area (Å²) in [4.78, 5) is 25.7. The van der Waals surface area contributed by atoms with Crippen molar-refractivity contribution in [2.75, 3.05) is 6.61 Å². The number of carboxylic acid groups (broad SMARTS) is 1. The van der Waals surface area contributed by atoms with Gasteiger partial charge in [0.25, 0.3) is 0 Å². The second kappa shape index (κ2) is 15.3. The normalized spacial score (nSPS) is 42.1. The Bertz CT molecular complexity index is 1490. The minimum atomic E-state index is -5.42. The van der Waals surface area contributed by atoms with Crippen LogP contribution in [-0.4, -0.2) is 154 Å². The molecule has 19 heteroatoms. The SMILES string of the molecule is C=C1[C@@H]2CC[C@H]3[C@]4(C)C[C@H](O[C@@H]5O[C@H](CO)[C@@H](OS(=O)(=O)O)[C@H](OS(=O)(=O)O)[C@H]5OC(=O)CC(C)C)C[C@@H](C(=O)O)[C@H]4CC[C@]3(C2)[C@H]1O.[K]. The van der Waals surface area contributed by atoms with Crippen molar-refractivity contribution in [1.82, 2.24) is 0 Å². The molecule has 4 saturated carbocycles. The van der Waals surface area contributed by atoms with Gasteiger partial charge >= 0.3 is 32.7 Å². The maximum Gasteiger partial charge on any atom is 0.397 e. The number of rotatable bonds is 11. The van der Waals surface area contributed by atoms with E-state index >= 15 is 0 Å². The molecular weight excluding hydrogens is 720 g/mol. The van der Waals surface area contributed by atoms with Crippen molar-refractivity contribution < 1.29 is 73.4 Å². The predicted molar refractivity (Wildman–Crippen MR) is 168 cm³/mol. The third-order valence-electron chi connectivity index (χ3n) is 11.5. The van der Waals surface area contributed by atoms with Crippen LogP contribution in [0.15, 0.2) is 12.2 Å². The van der Waals surface area contributed by atoms with Crippen molar-refractivity contribution in [2.45, 2.75) is 115 Å². The Morgan fingerprint density at radius 2 is 1.65 bits per heavy atom. The van der Waals surface area contributed by atoms with Crippen LogP contribution < -0.4 is 0 Å². The maximum absolute atomic E-state index is 12.9. The molecule has 0 amide bonds. The first-order valence-electron chi connectivity index (χ1n) is 16.2. The zero-order chi connectivity index (χ0) is 35.6. The van der Waals surface area contributed by atoms with Gasteiger partial charge in [0.1, 0.15) is 12.2 Å². The average molecular weight is 766 g/mol. The van der Waals surface area contributed by atoms with Crippen molar-refractivity contribution in [3.8, 4) is 0 Å². The molecule has 0 aromatic rings. The molecule has 1 radical (unpaired) electrons. The van der Waals surface area contributed by atoms with Crippen LogP contribution in [0.25, 0.3) is 0 Å². The topological polar surface area (TPSA) is 250 Å². The van der Waals surface area contributed by atoms with Gasteiger partial charge in [-0.05, 0) is 79.6 Å². The quantitative estimate of drug-likeness (QED) is 0.0653. The largest absolute Gasteiger partial charge is 0.481 e. The first kappa shape index (κ1) is 41.6. The number of hydrogen-bond acceptors (Lipinski definition) is 13. The summed E-state index contributed by atoms with van der Waals surface area (Å²) in [6.07, 6.45) is -7.93. The van der Waals surface area contributed by atoms with E-state index in [1.165, 1.54) is 0 Å². The van der Waals surface area contributed by atoms with E-state index in [-0.39, 0.29) is 94.3 Å². The fourth-order valence-electron chi connectivity index (χ4n) is 9.82. The number of carboxylic acids is 1. The fraction of sp³-hybridized carbons (Fsp3) is 0.867. The number of carbonyl (C=O) groups is 2. The molecule has 1 spiro atoms. The van der Waals surface area contributed by atoms with E-state index in [1.807, 2.05) is 6.92 Å². The molecule has 2 bridgehead atoms. The molecule has 5 N–H and O–H groups in total. The van der Waals surface area contributed by atoms with E-state index in [2.05, 4.69) is 10.8 Å². The van der Waals surface area contributed by atoms with E-state index in [9.17, 15) is 50.8 Å². The Morgan fingerprint density at radius 1 is 1.02 bits per heavy atom. The van der Waals surface area contributed by atoms with E-state index in [1.54, 1.807) is 13.8 Å². The minimum absolute atomic E-state index is 0. The number of aliphatic hydroxyl groups excluding tert-OH is 2. The van der Waals surface area contributed by atoms with E-state index in [0.29, 0.717) is 12.8 Å². The summed E-state index contributed by atoms with van der Waals surface area (Å²) < 4.78 is 93.5. The van der Waals surface area contributed by atoms with E-state index < -0.39 is 99.0 Å². The molecule has 16 nitrogen and oxygen atoms in total. The number of carbonyl (C=O) groups excluding carboxylic acids is 1. The third-order valence-corrected chi connectivity index (χ3v) is 12.4. The zero-order valence-electron chi connectivity index (χ0n) is 28.0. The summed E-state index contributed by atoms with van der Waals surface area (Å²) in [7, 11) is -10.8. The second-order valence-corrected chi connectivity index (χ2v) is 16.9. The van der Waals surface area contributed by atoms with E-state index in [0.717, 1.165) is 24.8 Å². The first-order chi connectivity index (χ1) is 22.2. The zero-order valence-corrected chi connectivity index (χ0v) is 32.8. The first-order valence-corrected chi connectivity index (χ1v) is 18.9. The van der Waals surface area contributed by atoms with Crippen LogP contribution in [0.1, 0.15) is 72.1 Å². The predicted octanol–water partition coefficient (Wildman–Crippen LogP) is 1.29. The molecule has 5 aliphatic rings. The standard InChI is InChI=1S/C30H46O16S2.K/c1-14(2)9-22(32)44-25-24(46-48(39,40)41)23(45-47(36,37)38)20(13-31)43-28(25)42-17-10-18(27(34)35)19-7-8-30-11-16(15(3)26(30)33)5-6-21(30)29(19,4)12-17;/h14,16-21,23-26,28,31,33H,3,5-13H2,1-2,4H3,(H,34,35)(H,36,37,38)(H,39,40,41);/t16-,17-,18-,19-,20-,21+,23-,24+,25-,26+,28-,29-,30-;/m1./s1. The molecule has 1 aliphatic heterocycles. The smallest absolute Gasteiger partial charge is 0.397 e. The Labute approximate surface area is 328 Å². The van der Waals surface area contributed by atoms with Gasteiger partial charge in [0.15, 0.2) is 18.5 Å². The van der Waals surface area contributed by atoms with Crippen LogP contribution in [0.5, 0.6) is 0 Å². The number of aliphatic carboxylic acids is 1. The Kier molecular flexibility index (Phi) is 13.0. The average Bonchev–Trinajstić information content (AvgIpc) is 3.12. The van der Waals surface area contributed by atoms with Crippen molar-refractivity contribution >= 4 is 84.1 Å². The van der Waals surface area contributed by atoms with Gasteiger partial charge in [-0.2, -0.15) is 16.8 Å².